The van der Waals surface area contributed by atoms with Gasteiger partial charge in [0.15, 0.2) is 5.16 Å². The summed E-state index contributed by atoms with van der Waals surface area (Å²) < 4.78 is 1.94. The molecule has 6 heteroatoms. The van der Waals surface area contributed by atoms with Gasteiger partial charge in [0.25, 0.3) is 5.91 Å². The number of hydrogen-bond acceptors (Lipinski definition) is 4. The van der Waals surface area contributed by atoms with Gasteiger partial charge in [-0.2, -0.15) is 0 Å². The van der Waals surface area contributed by atoms with Crippen LogP contribution >= 0.6 is 11.8 Å². The minimum absolute atomic E-state index is 0.0545. The Hall–Kier alpha value is -1.79. The van der Waals surface area contributed by atoms with Crippen molar-refractivity contribution in [3.63, 3.8) is 0 Å². The second kappa shape index (κ2) is 7.28. The van der Waals surface area contributed by atoms with Crippen LogP contribution in [0.5, 0.6) is 0 Å². The van der Waals surface area contributed by atoms with Gasteiger partial charge in [-0.15, -0.1) is 0 Å². The molecule has 1 unspecified atom stereocenters. The van der Waals surface area contributed by atoms with Crippen LogP contribution < -0.4 is 5.32 Å². The summed E-state index contributed by atoms with van der Waals surface area (Å²) in [5.74, 6) is -0.136. The van der Waals surface area contributed by atoms with Crippen LogP contribution in [0.4, 0.5) is 0 Å². The fourth-order valence-electron chi connectivity index (χ4n) is 2.01. The van der Waals surface area contributed by atoms with Crippen LogP contribution in [0, 0.1) is 0 Å². The largest absolute Gasteiger partial charge is 0.396 e. The number of aliphatic hydroxyl groups is 1. The van der Waals surface area contributed by atoms with Gasteiger partial charge in [-0.25, -0.2) is 4.98 Å². The van der Waals surface area contributed by atoms with Crippen molar-refractivity contribution in [2.24, 2.45) is 0 Å². The van der Waals surface area contributed by atoms with Gasteiger partial charge in [0.05, 0.1) is 0 Å². The summed E-state index contributed by atoms with van der Waals surface area (Å²) >= 11 is 1.55. The Kier molecular flexibility index (Phi) is 5.41. The highest BCUT2D eigenvalue weighted by atomic mass is 32.2. The molecule has 0 aliphatic carbocycles. The predicted octanol–water partition coefficient (Wildman–Crippen LogP) is 2.09. The number of benzene rings is 1. The second-order valence-corrected chi connectivity index (χ2v) is 5.49. The zero-order chi connectivity index (χ0) is 15.2. The summed E-state index contributed by atoms with van der Waals surface area (Å²) in [6, 6.07) is 7.35. The third-order valence-corrected chi connectivity index (χ3v) is 3.78. The monoisotopic (exact) mass is 305 g/mol. The Morgan fingerprint density at radius 3 is 3.05 bits per heavy atom. The fraction of sp³-hybridized carbons (Fsp3) is 0.333. The Morgan fingerprint density at radius 2 is 2.33 bits per heavy atom. The average Bonchev–Trinajstić information content (AvgIpc) is 2.96. The summed E-state index contributed by atoms with van der Waals surface area (Å²) in [6.45, 7) is 1.94. The van der Waals surface area contributed by atoms with Crippen molar-refractivity contribution in [1.82, 2.24) is 14.9 Å². The Labute approximate surface area is 128 Å². The van der Waals surface area contributed by atoms with Gasteiger partial charge in [-0.05, 0) is 37.8 Å². The van der Waals surface area contributed by atoms with E-state index in [0.29, 0.717) is 12.0 Å². The van der Waals surface area contributed by atoms with E-state index < -0.39 is 0 Å². The highest BCUT2D eigenvalue weighted by molar-refractivity contribution is 7.98. The van der Waals surface area contributed by atoms with E-state index >= 15 is 0 Å². The third kappa shape index (κ3) is 3.86. The van der Waals surface area contributed by atoms with E-state index in [-0.39, 0.29) is 18.6 Å². The number of nitrogens with zero attached hydrogens (tertiary/aromatic N) is 2. The maximum atomic E-state index is 12.2. The van der Waals surface area contributed by atoms with Crippen LogP contribution in [0.25, 0.3) is 5.69 Å². The molecule has 1 amide bonds. The molecule has 5 nitrogen and oxygen atoms in total. The third-order valence-electron chi connectivity index (χ3n) is 3.12. The molecule has 2 rings (SSSR count). The topological polar surface area (TPSA) is 67.2 Å². The van der Waals surface area contributed by atoms with Crippen molar-refractivity contribution in [2.75, 3.05) is 12.9 Å². The highest BCUT2D eigenvalue weighted by Crippen LogP contribution is 2.19. The minimum atomic E-state index is -0.136. The smallest absolute Gasteiger partial charge is 0.251 e. The van der Waals surface area contributed by atoms with Crippen molar-refractivity contribution < 1.29 is 9.90 Å². The molecular formula is C15H19N3O2S. The number of carbonyl (C=O) groups excluding carboxylic acids is 1. The average molecular weight is 305 g/mol. The fourth-order valence-corrected chi connectivity index (χ4v) is 2.54. The molecule has 0 spiro atoms. The summed E-state index contributed by atoms with van der Waals surface area (Å²) in [5, 5.41) is 12.6. The van der Waals surface area contributed by atoms with Crippen molar-refractivity contribution in [3.05, 3.63) is 42.2 Å². The first-order valence-electron chi connectivity index (χ1n) is 6.75. The van der Waals surface area contributed by atoms with Crippen LogP contribution in [0.3, 0.4) is 0 Å². The van der Waals surface area contributed by atoms with E-state index in [0.717, 1.165) is 10.8 Å². The normalized spacial score (nSPS) is 12.1. The minimum Gasteiger partial charge on any atom is -0.396 e. The maximum absolute atomic E-state index is 12.2. The van der Waals surface area contributed by atoms with Gasteiger partial charge >= 0.3 is 0 Å². The van der Waals surface area contributed by atoms with Crippen LogP contribution in [0.15, 0.2) is 41.8 Å². The van der Waals surface area contributed by atoms with E-state index in [9.17, 15) is 4.79 Å². The number of hydrogen-bond donors (Lipinski definition) is 2. The van der Waals surface area contributed by atoms with Crippen LogP contribution in [-0.4, -0.2) is 39.5 Å². The second-order valence-electron chi connectivity index (χ2n) is 4.72. The molecule has 0 aliphatic heterocycles. The molecule has 1 aromatic carbocycles. The van der Waals surface area contributed by atoms with Crippen molar-refractivity contribution in [2.45, 2.75) is 24.5 Å². The van der Waals surface area contributed by atoms with E-state index in [2.05, 4.69) is 10.3 Å². The van der Waals surface area contributed by atoms with Crippen molar-refractivity contribution >= 4 is 17.7 Å². The first kappa shape index (κ1) is 15.6. The molecule has 0 fully saturated rings. The summed E-state index contributed by atoms with van der Waals surface area (Å²) in [5.41, 5.74) is 1.50. The molecule has 0 radical (unpaired) electrons. The molecule has 112 valence electrons. The van der Waals surface area contributed by atoms with Crippen LogP contribution in [0.2, 0.25) is 0 Å². The van der Waals surface area contributed by atoms with Gasteiger partial charge < -0.3 is 10.4 Å². The van der Waals surface area contributed by atoms with Crippen LogP contribution in [0.1, 0.15) is 23.7 Å². The number of amides is 1. The molecule has 0 bridgehead atoms. The number of carbonyl (C=O) groups is 1. The zero-order valence-electron chi connectivity index (χ0n) is 12.1. The number of imidazole rings is 1. The molecule has 1 atom stereocenters. The van der Waals surface area contributed by atoms with Gasteiger partial charge in [-0.1, -0.05) is 17.8 Å². The lowest BCUT2D eigenvalue weighted by Crippen LogP contribution is -2.33. The molecule has 2 aromatic rings. The zero-order valence-corrected chi connectivity index (χ0v) is 12.9. The lowest BCUT2D eigenvalue weighted by Gasteiger charge is -2.13. The molecule has 0 saturated heterocycles. The number of aliphatic hydroxyl groups excluding tert-OH is 1. The quantitative estimate of drug-likeness (QED) is 0.802. The number of thioether (sulfide) groups is 1. The molecule has 1 heterocycles. The van der Waals surface area contributed by atoms with Gasteiger partial charge in [0.2, 0.25) is 0 Å². The van der Waals surface area contributed by atoms with Crippen molar-refractivity contribution in [1.29, 1.82) is 0 Å². The molecule has 0 saturated carbocycles. The van der Waals surface area contributed by atoms with E-state index in [4.69, 9.17) is 5.11 Å². The standard InChI is InChI=1S/C15H19N3O2S/c1-11(6-9-19)17-14(20)12-4-3-5-13(10-12)18-8-7-16-15(18)21-2/h3-5,7-8,10-11,19H,6,9H2,1-2H3,(H,17,20). The van der Waals surface area contributed by atoms with Crippen LogP contribution in [-0.2, 0) is 0 Å². The van der Waals surface area contributed by atoms with E-state index in [1.807, 2.05) is 42.1 Å². The van der Waals surface area contributed by atoms with Gasteiger partial charge in [-0.3, -0.25) is 9.36 Å². The maximum Gasteiger partial charge on any atom is 0.251 e. The summed E-state index contributed by atoms with van der Waals surface area (Å²) in [7, 11) is 0. The van der Waals surface area contributed by atoms with E-state index in [1.165, 1.54) is 0 Å². The molecule has 2 N–H and O–H groups in total. The lowest BCUT2D eigenvalue weighted by atomic mass is 10.1. The Morgan fingerprint density at radius 1 is 1.52 bits per heavy atom. The highest BCUT2D eigenvalue weighted by Gasteiger charge is 2.11. The Bertz CT molecular complexity index is 612. The lowest BCUT2D eigenvalue weighted by molar-refractivity contribution is 0.0934. The molecule has 1 aromatic heterocycles. The molecule has 0 aliphatic rings. The predicted molar refractivity (Wildman–Crippen MR) is 84.0 cm³/mol. The SMILES string of the molecule is CSc1nccn1-c1cccc(C(=O)NC(C)CCO)c1. The first-order chi connectivity index (χ1) is 10.2. The van der Waals surface area contributed by atoms with Crippen molar-refractivity contribution in [3.8, 4) is 5.69 Å². The molecule has 21 heavy (non-hydrogen) atoms. The summed E-state index contributed by atoms with van der Waals surface area (Å²) in [4.78, 5) is 16.4. The summed E-state index contributed by atoms with van der Waals surface area (Å²) in [6.07, 6.45) is 6.12. The molecular weight excluding hydrogens is 286 g/mol. The number of nitrogens with one attached hydrogen (secondary N) is 1. The number of aromatic nitrogens is 2. The van der Waals surface area contributed by atoms with Gasteiger partial charge in [0.1, 0.15) is 0 Å². The first-order valence-corrected chi connectivity index (χ1v) is 7.97. The van der Waals surface area contributed by atoms with E-state index in [1.54, 1.807) is 24.0 Å². The Balaban J connectivity index is 2.20. The number of rotatable bonds is 6. The van der Waals surface area contributed by atoms with Gasteiger partial charge in [0, 0.05) is 36.3 Å².